The molecule has 0 aliphatic rings. The van der Waals surface area contributed by atoms with Gasteiger partial charge >= 0.3 is 0 Å². The maximum absolute atomic E-state index is 5.95. The first kappa shape index (κ1) is 17.8. The van der Waals surface area contributed by atoms with Crippen molar-refractivity contribution >= 4 is 16.9 Å². The van der Waals surface area contributed by atoms with Crippen molar-refractivity contribution in [2.24, 2.45) is 4.99 Å². The number of fused-ring (bicyclic) bond motifs is 1. The number of nitrogens with one attached hydrogen (secondary N) is 3. The van der Waals surface area contributed by atoms with Crippen LogP contribution in [0.5, 0.6) is 0 Å². The molecular weight excluding hydrogens is 352 g/mol. The smallest absolute Gasteiger partial charge is 0.191 e. The summed E-state index contributed by atoms with van der Waals surface area (Å²) in [6.07, 6.45) is 1.51. The lowest BCUT2D eigenvalue weighted by Gasteiger charge is -2.12. The van der Waals surface area contributed by atoms with Crippen molar-refractivity contribution in [1.29, 1.82) is 0 Å². The molecule has 0 saturated carbocycles. The van der Waals surface area contributed by atoms with Crippen molar-refractivity contribution < 1.29 is 4.42 Å². The third-order valence-electron chi connectivity index (χ3n) is 4.66. The number of hydrogen-bond acceptors (Lipinski definition) is 4. The molecule has 0 unspecified atom stereocenters. The van der Waals surface area contributed by atoms with Crippen LogP contribution in [-0.2, 0) is 13.1 Å². The Morgan fingerprint density at radius 1 is 1.11 bits per heavy atom. The number of hydrogen-bond donors (Lipinski definition) is 3. The molecule has 0 atom stereocenters. The van der Waals surface area contributed by atoms with Gasteiger partial charge in [-0.05, 0) is 24.6 Å². The highest BCUT2D eigenvalue weighted by molar-refractivity contribution is 5.83. The van der Waals surface area contributed by atoms with E-state index in [0.717, 1.165) is 39.2 Å². The number of H-pyrrole nitrogens is 1. The van der Waals surface area contributed by atoms with Crippen molar-refractivity contribution in [2.45, 2.75) is 20.0 Å². The van der Waals surface area contributed by atoms with Gasteiger partial charge in [-0.25, -0.2) is 4.98 Å². The lowest BCUT2D eigenvalue weighted by molar-refractivity contribution is 0.534. The van der Waals surface area contributed by atoms with Gasteiger partial charge in [-0.15, -0.1) is 0 Å². The zero-order chi connectivity index (χ0) is 19.3. The lowest BCUT2D eigenvalue weighted by atomic mass is 10.1. The van der Waals surface area contributed by atoms with Crippen LogP contribution in [0.4, 0.5) is 0 Å². The van der Waals surface area contributed by atoms with Crippen LogP contribution in [0.2, 0.25) is 0 Å². The number of para-hydroxylation sites is 1. The van der Waals surface area contributed by atoms with Crippen LogP contribution in [0.1, 0.15) is 16.9 Å². The SMILES string of the molecule is CN=C(NCc1cccc(-c2ncn[nH]2)c1)NCc1oc2ccccc2c1C. The summed E-state index contributed by atoms with van der Waals surface area (Å²) in [5, 5.41) is 14.6. The van der Waals surface area contributed by atoms with Crippen LogP contribution < -0.4 is 10.6 Å². The van der Waals surface area contributed by atoms with Gasteiger partial charge in [-0.3, -0.25) is 10.1 Å². The number of benzene rings is 2. The molecule has 0 bridgehead atoms. The van der Waals surface area contributed by atoms with Gasteiger partial charge in [0.15, 0.2) is 11.8 Å². The summed E-state index contributed by atoms with van der Waals surface area (Å²) in [6.45, 7) is 3.28. The first-order valence-electron chi connectivity index (χ1n) is 9.11. The quantitative estimate of drug-likeness (QED) is 0.368. The fourth-order valence-corrected chi connectivity index (χ4v) is 3.14. The van der Waals surface area contributed by atoms with E-state index < -0.39 is 0 Å². The van der Waals surface area contributed by atoms with Crippen molar-refractivity contribution in [2.75, 3.05) is 7.05 Å². The number of aliphatic imine (C=N–C) groups is 1. The van der Waals surface area contributed by atoms with Crippen LogP contribution in [0, 0.1) is 6.92 Å². The molecule has 0 aliphatic carbocycles. The Bertz CT molecular complexity index is 1100. The molecule has 2 heterocycles. The van der Waals surface area contributed by atoms with Crippen molar-refractivity contribution in [3.05, 3.63) is 71.7 Å². The third kappa shape index (κ3) is 3.73. The topological polar surface area (TPSA) is 91.1 Å². The molecule has 0 spiro atoms. The molecule has 7 nitrogen and oxygen atoms in total. The van der Waals surface area contributed by atoms with Gasteiger partial charge in [0.05, 0.1) is 6.54 Å². The molecule has 4 aromatic rings. The highest BCUT2D eigenvalue weighted by Crippen LogP contribution is 2.24. The zero-order valence-electron chi connectivity index (χ0n) is 15.9. The monoisotopic (exact) mass is 374 g/mol. The molecule has 142 valence electrons. The summed E-state index contributed by atoms with van der Waals surface area (Å²) in [5.74, 6) is 2.38. The minimum atomic E-state index is 0.568. The van der Waals surface area contributed by atoms with Crippen LogP contribution in [-0.4, -0.2) is 28.2 Å². The van der Waals surface area contributed by atoms with Crippen molar-refractivity contribution in [3.8, 4) is 11.4 Å². The predicted molar refractivity (Wildman–Crippen MR) is 110 cm³/mol. The van der Waals surface area contributed by atoms with E-state index in [1.165, 1.54) is 6.33 Å². The number of aromatic amines is 1. The van der Waals surface area contributed by atoms with E-state index in [4.69, 9.17) is 4.42 Å². The molecule has 0 amide bonds. The first-order valence-corrected chi connectivity index (χ1v) is 9.11. The summed E-state index contributed by atoms with van der Waals surface area (Å²) in [4.78, 5) is 8.49. The second-order valence-corrected chi connectivity index (χ2v) is 6.46. The van der Waals surface area contributed by atoms with Gasteiger partial charge in [-0.2, -0.15) is 5.10 Å². The minimum absolute atomic E-state index is 0.568. The fourth-order valence-electron chi connectivity index (χ4n) is 3.14. The molecule has 2 aromatic heterocycles. The van der Waals surface area contributed by atoms with Gasteiger partial charge in [0, 0.05) is 30.1 Å². The molecule has 7 heteroatoms. The third-order valence-corrected chi connectivity index (χ3v) is 4.66. The van der Waals surface area contributed by atoms with E-state index in [1.807, 2.05) is 30.3 Å². The molecule has 0 aliphatic heterocycles. The van der Waals surface area contributed by atoms with Gasteiger partial charge in [0.2, 0.25) is 0 Å². The average Bonchev–Trinajstić information content (AvgIpc) is 3.37. The number of nitrogens with zero attached hydrogens (tertiary/aromatic N) is 3. The maximum Gasteiger partial charge on any atom is 0.191 e. The van der Waals surface area contributed by atoms with Crippen LogP contribution in [0.15, 0.2) is 64.3 Å². The molecule has 0 saturated heterocycles. The summed E-state index contributed by atoms with van der Waals surface area (Å²) < 4.78 is 5.95. The Morgan fingerprint density at radius 2 is 1.96 bits per heavy atom. The Kier molecular flexibility index (Phi) is 5.05. The fraction of sp³-hybridized carbons (Fsp3) is 0.190. The van der Waals surface area contributed by atoms with Gasteiger partial charge < -0.3 is 15.1 Å². The highest BCUT2D eigenvalue weighted by Gasteiger charge is 2.10. The number of aryl methyl sites for hydroxylation is 1. The van der Waals surface area contributed by atoms with Crippen molar-refractivity contribution in [3.63, 3.8) is 0 Å². The number of furan rings is 1. The predicted octanol–water partition coefficient (Wildman–Crippen LogP) is 3.39. The van der Waals surface area contributed by atoms with E-state index in [0.29, 0.717) is 19.0 Å². The second kappa shape index (κ2) is 7.96. The standard InChI is InChI=1S/C21H22N6O/c1-14-17-8-3-4-9-18(17)28-19(14)12-24-21(22-2)23-11-15-6-5-7-16(10-15)20-25-13-26-27-20/h3-10,13H,11-12H2,1-2H3,(H2,22,23,24)(H,25,26,27). The number of aromatic nitrogens is 3. The largest absolute Gasteiger partial charge is 0.459 e. The zero-order valence-corrected chi connectivity index (χ0v) is 15.9. The minimum Gasteiger partial charge on any atom is -0.459 e. The normalized spacial score (nSPS) is 11.7. The van der Waals surface area contributed by atoms with E-state index >= 15 is 0 Å². The van der Waals surface area contributed by atoms with E-state index in [9.17, 15) is 0 Å². The van der Waals surface area contributed by atoms with Gasteiger partial charge in [-0.1, -0.05) is 36.4 Å². The molecule has 28 heavy (non-hydrogen) atoms. The summed E-state index contributed by atoms with van der Waals surface area (Å²) >= 11 is 0. The number of guanidine groups is 1. The summed E-state index contributed by atoms with van der Waals surface area (Å²) in [5.41, 5.74) is 4.18. The summed E-state index contributed by atoms with van der Waals surface area (Å²) in [6, 6.07) is 16.2. The van der Waals surface area contributed by atoms with Gasteiger partial charge in [0.25, 0.3) is 0 Å². The number of rotatable bonds is 5. The molecule has 2 aromatic carbocycles. The second-order valence-electron chi connectivity index (χ2n) is 6.46. The molecule has 4 rings (SSSR count). The maximum atomic E-state index is 5.95. The van der Waals surface area contributed by atoms with Crippen molar-refractivity contribution in [1.82, 2.24) is 25.8 Å². The van der Waals surface area contributed by atoms with Crippen LogP contribution >= 0.6 is 0 Å². The Labute approximate surface area is 162 Å². The Balaban J connectivity index is 1.39. The lowest BCUT2D eigenvalue weighted by Crippen LogP contribution is -2.36. The van der Waals surface area contributed by atoms with Crippen LogP contribution in [0.25, 0.3) is 22.4 Å². The Hall–Kier alpha value is -3.61. The molecule has 3 N–H and O–H groups in total. The Morgan fingerprint density at radius 3 is 2.75 bits per heavy atom. The van der Waals surface area contributed by atoms with Gasteiger partial charge in [0.1, 0.15) is 17.7 Å². The molecule has 0 fully saturated rings. The van der Waals surface area contributed by atoms with Crippen LogP contribution in [0.3, 0.4) is 0 Å². The van der Waals surface area contributed by atoms with E-state index in [-0.39, 0.29) is 0 Å². The van der Waals surface area contributed by atoms with E-state index in [2.05, 4.69) is 55.9 Å². The molecular formula is C21H22N6O. The van der Waals surface area contributed by atoms with E-state index in [1.54, 1.807) is 7.05 Å². The summed E-state index contributed by atoms with van der Waals surface area (Å²) in [7, 11) is 1.76. The first-order chi connectivity index (χ1) is 13.7. The molecule has 0 radical (unpaired) electrons. The average molecular weight is 374 g/mol. The highest BCUT2D eigenvalue weighted by atomic mass is 16.3.